The Balaban J connectivity index is 2.03. The van der Waals surface area contributed by atoms with Gasteiger partial charge in [-0.2, -0.15) is 0 Å². The molecular formula is C18H28FN. The van der Waals surface area contributed by atoms with Crippen LogP contribution in [0.15, 0.2) is 18.2 Å². The zero-order valence-corrected chi connectivity index (χ0v) is 13.3. The maximum Gasteiger partial charge on any atom is 0.123 e. The number of halogens is 1. The zero-order valence-electron chi connectivity index (χ0n) is 13.3. The fourth-order valence-electron chi connectivity index (χ4n) is 3.48. The van der Waals surface area contributed by atoms with Gasteiger partial charge in [-0.3, -0.25) is 0 Å². The van der Waals surface area contributed by atoms with Gasteiger partial charge in [-0.15, -0.1) is 0 Å². The summed E-state index contributed by atoms with van der Waals surface area (Å²) in [6.45, 7) is 9.85. The largest absolute Gasteiger partial charge is 0.310 e. The Labute approximate surface area is 123 Å². The van der Waals surface area contributed by atoms with Crippen molar-refractivity contribution >= 4 is 0 Å². The first kappa shape index (κ1) is 15.5. The molecule has 0 aromatic heterocycles. The number of aryl methyl sites for hydroxylation is 1. The van der Waals surface area contributed by atoms with E-state index in [1.54, 1.807) is 6.07 Å². The van der Waals surface area contributed by atoms with Crippen LogP contribution in [0.2, 0.25) is 0 Å². The summed E-state index contributed by atoms with van der Waals surface area (Å²) in [4.78, 5) is 0. The molecule has 0 spiro atoms. The van der Waals surface area contributed by atoms with Crippen molar-refractivity contribution in [2.45, 2.75) is 66.0 Å². The topological polar surface area (TPSA) is 12.0 Å². The van der Waals surface area contributed by atoms with Gasteiger partial charge in [0.1, 0.15) is 5.82 Å². The predicted octanol–water partition coefficient (Wildman–Crippen LogP) is 4.83. The Kier molecular flexibility index (Phi) is 4.85. The van der Waals surface area contributed by atoms with Crippen LogP contribution in [-0.4, -0.2) is 6.04 Å². The molecule has 2 heteroatoms. The van der Waals surface area contributed by atoms with Gasteiger partial charge in [0.25, 0.3) is 0 Å². The highest BCUT2D eigenvalue weighted by Crippen LogP contribution is 2.38. The van der Waals surface area contributed by atoms with Gasteiger partial charge in [-0.05, 0) is 54.4 Å². The molecule has 1 aliphatic carbocycles. The third kappa shape index (κ3) is 3.82. The smallest absolute Gasteiger partial charge is 0.123 e. The molecule has 1 aliphatic rings. The number of benzene rings is 1. The van der Waals surface area contributed by atoms with Gasteiger partial charge < -0.3 is 5.32 Å². The second kappa shape index (κ2) is 6.26. The van der Waals surface area contributed by atoms with Crippen molar-refractivity contribution in [2.24, 2.45) is 11.3 Å². The number of rotatable bonds is 3. The number of hydrogen-bond acceptors (Lipinski definition) is 1. The summed E-state index contributed by atoms with van der Waals surface area (Å²) >= 11 is 0. The lowest BCUT2D eigenvalue weighted by Gasteiger charge is -2.41. The highest BCUT2D eigenvalue weighted by atomic mass is 19.1. The summed E-state index contributed by atoms with van der Waals surface area (Å²) in [7, 11) is 0. The normalized spacial score (nSPS) is 23.9. The van der Waals surface area contributed by atoms with Crippen molar-refractivity contribution in [2.75, 3.05) is 0 Å². The SMILES string of the molecule is Cc1ccc(F)cc1CNC1CCCCC1C(C)(C)C. The van der Waals surface area contributed by atoms with Crippen LogP contribution in [0.3, 0.4) is 0 Å². The van der Waals surface area contributed by atoms with Gasteiger partial charge >= 0.3 is 0 Å². The summed E-state index contributed by atoms with van der Waals surface area (Å²) in [5.74, 6) is 0.577. The minimum absolute atomic E-state index is 0.136. The van der Waals surface area contributed by atoms with Crippen molar-refractivity contribution in [3.63, 3.8) is 0 Å². The molecule has 1 aromatic rings. The molecule has 1 nitrogen and oxygen atoms in total. The number of hydrogen-bond donors (Lipinski definition) is 1. The number of nitrogens with one attached hydrogen (secondary N) is 1. The Hall–Kier alpha value is -0.890. The van der Waals surface area contributed by atoms with Crippen LogP contribution in [0.25, 0.3) is 0 Å². The maximum absolute atomic E-state index is 13.4. The molecule has 0 aliphatic heterocycles. The van der Waals surface area contributed by atoms with Crippen molar-refractivity contribution in [3.8, 4) is 0 Å². The first-order chi connectivity index (χ1) is 9.38. The average molecular weight is 277 g/mol. The third-order valence-electron chi connectivity index (χ3n) is 4.74. The average Bonchev–Trinajstić information content (AvgIpc) is 2.39. The summed E-state index contributed by atoms with van der Waals surface area (Å²) in [5.41, 5.74) is 2.60. The van der Waals surface area contributed by atoms with E-state index in [0.717, 1.165) is 12.1 Å². The van der Waals surface area contributed by atoms with E-state index < -0.39 is 0 Å². The van der Waals surface area contributed by atoms with Crippen LogP contribution in [0.5, 0.6) is 0 Å². The molecule has 0 amide bonds. The minimum atomic E-state index is -0.136. The van der Waals surface area contributed by atoms with E-state index in [1.807, 2.05) is 6.07 Å². The summed E-state index contributed by atoms with van der Waals surface area (Å²) in [6, 6.07) is 5.63. The van der Waals surface area contributed by atoms with Gasteiger partial charge in [0, 0.05) is 12.6 Å². The molecule has 0 radical (unpaired) electrons. The van der Waals surface area contributed by atoms with Crippen LogP contribution in [0, 0.1) is 24.1 Å². The highest BCUT2D eigenvalue weighted by molar-refractivity contribution is 5.26. The quantitative estimate of drug-likeness (QED) is 0.834. The van der Waals surface area contributed by atoms with Crippen LogP contribution < -0.4 is 5.32 Å². The molecule has 2 atom stereocenters. The van der Waals surface area contributed by atoms with Crippen LogP contribution in [0.4, 0.5) is 4.39 Å². The lowest BCUT2D eigenvalue weighted by Crippen LogP contribution is -2.44. The second-order valence-corrected chi connectivity index (χ2v) is 7.32. The van der Waals surface area contributed by atoms with Gasteiger partial charge in [0.2, 0.25) is 0 Å². The predicted molar refractivity (Wildman–Crippen MR) is 83.2 cm³/mol. The molecule has 2 unspecified atom stereocenters. The molecule has 2 rings (SSSR count). The molecule has 1 aromatic carbocycles. The summed E-state index contributed by atoms with van der Waals surface area (Å²) < 4.78 is 13.4. The summed E-state index contributed by atoms with van der Waals surface area (Å²) in [6.07, 6.45) is 5.21. The Morgan fingerprint density at radius 1 is 1.20 bits per heavy atom. The van der Waals surface area contributed by atoms with Crippen LogP contribution >= 0.6 is 0 Å². The maximum atomic E-state index is 13.4. The fraction of sp³-hybridized carbons (Fsp3) is 0.667. The van der Waals surface area contributed by atoms with E-state index in [2.05, 4.69) is 33.0 Å². The molecule has 0 saturated heterocycles. The highest BCUT2D eigenvalue weighted by Gasteiger charge is 2.33. The molecule has 1 N–H and O–H groups in total. The monoisotopic (exact) mass is 277 g/mol. The first-order valence-corrected chi connectivity index (χ1v) is 7.86. The van der Waals surface area contributed by atoms with Gasteiger partial charge in [0.05, 0.1) is 0 Å². The van der Waals surface area contributed by atoms with E-state index in [0.29, 0.717) is 17.4 Å². The molecular weight excluding hydrogens is 249 g/mol. The first-order valence-electron chi connectivity index (χ1n) is 7.86. The van der Waals surface area contributed by atoms with Crippen molar-refractivity contribution in [1.82, 2.24) is 5.32 Å². The van der Waals surface area contributed by atoms with Gasteiger partial charge in [0.15, 0.2) is 0 Å². The zero-order chi connectivity index (χ0) is 14.8. The van der Waals surface area contributed by atoms with E-state index >= 15 is 0 Å². The summed E-state index contributed by atoms with van der Waals surface area (Å²) in [5, 5.41) is 3.70. The molecule has 1 fully saturated rings. The Bertz CT molecular complexity index is 447. The van der Waals surface area contributed by atoms with Crippen molar-refractivity contribution in [1.29, 1.82) is 0 Å². The molecule has 112 valence electrons. The standard InChI is InChI=1S/C18H28FN/c1-13-9-10-15(19)11-14(13)12-20-17-8-6-5-7-16(17)18(2,3)4/h9-11,16-17,20H,5-8,12H2,1-4H3. The van der Waals surface area contributed by atoms with Crippen molar-refractivity contribution in [3.05, 3.63) is 35.1 Å². The Morgan fingerprint density at radius 2 is 1.90 bits per heavy atom. The molecule has 0 heterocycles. The lowest BCUT2D eigenvalue weighted by atomic mass is 9.69. The second-order valence-electron chi connectivity index (χ2n) is 7.32. The molecule has 20 heavy (non-hydrogen) atoms. The Morgan fingerprint density at radius 3 is 2.60 bits per heavy atom. The van der Waals surface area contributed by atoms with Gasteiger partial charge in [-0.1, -0.05) is 39.7 Å². The van der Waals surface area contributed by atoms with E-state index in [4.69, 9.17) is 0 Å². The molecule has 0 bridgehead atoms. The van der Waals surface area contributed by atoms with Crippen molar-refractivity contribution < 1.29 is 4.39 Å². The minimum Gasteiger partial charge on any atom is -0.310 e. The third-order valence-corrected chi connectivity index (χ3v) is 4.74. The van der Waals surface area contributed by atoms with E-state index in [-0.39, 0.29) is 5.82 Å². The lowest BCUT2D eigenvalue weighted by molar-refractivity contribution is 0.130. The van der Waals surface area contributed by atoms with Crippen LogP contribution in [0.1, 0.15) is 57.6 Å². The van der Waals surface area contributed by atoms with E-state index in [9.17, 15) is 4.39 Å². The van der Waals surface area contributed by atoms with Gasteiger partial charge in [-0.25, -0.2) is 4.39 Å². The van der Waals surface area contributed by atoms with Crippen LogP contribution in [-0.2, 0) is 6.54 Å². The fourth-order valence-corrected chi connectivity index (χ4v) is 3.48. The van der Waals surface area contributed by atoms with E-state index in [1.165, 1.54) is 37.3 Å². The molecule has 1 saturated carbocycles.